The van der Waals surface area contributed by atoms with E-state index in [1.54, 1.807) is 23.1 Å². The Morgan fingerprint density at radius 2 is 2.31 bits per heavy atom. The van der Waals surface area contributed by atoms with Crippen molar-refractivity contribution in [3.63, 3.8) is 0 Å². The highest BCUT2D eigenvalue weighted by Gasteiger charge is 2.10. The summed E-state index contributed by atoms with van der Waals surface area (Å²) in [5.41, 5.74) is 0. The highest BCUT2D eigenvalue weighted by atomic mass is 32.2. The number of aromatic nitrogens is 2. The third-order valence-corrected chi connectivity index (χ3v) is 3.95. The van der Waals surface area contributed by atoms with Crippen molar-refractivity contribution in [2.24, 2.45) is 0 Å². The summed E-state index contributed by atoms with van der Waals surface area (Å²) in [5.74, 6) is 1.29. The second-order valence-electron chi connectivity index (χ2n) is 3.25. The van der Waals surface area contributed by atoms with Gasteiger partial charge in [-0.25, -0.2) is 9.97 Å². The molecule has 0 bridgehead atoms. The van der Waals surface area contributed by atoms with Crippen LogP contribution in [0.25, 0.3) is 10.2 Å². The maximum atomic E-state index is 8.85. The average molecular weight is 255 g/mol. The largest absolute Gasteiger partial charge is 0.396 e. The van der Waals surface area contributed by atoms with E-state index in [1.165, 1.54) is 4.88 Å². The molecule has 2 aromatic rings. The van der Waals surface area contributed by atoms with Crippen molar-refractivity contribution < 1.29 is 5.11 Å². The first-order valence-corrected chi connectivity index (χ1v) is 6.74. The third kappa shape index (κ3) is 2.28. The molecule has 0 saturated carbocycles. The summed E-state index contributed by atoms with van der Waals surface area (Å²) in [7, 11) is 1.81. The van der Waals surface area contributed by atoms with Crippen LogP contribution in [0.3, 0.4) is 0 Å². The summed E-state index contributed by atoms with van der Waals surface area (Å²) in [6, 6.07) is 2.10. The van der Waals surface area contributed by atoms with Crippen LogP contribution in [0.4, 0.5) is 5.95 Å². The SMILES string of the molecule is CNc1nc(SCCO)c2cc(C)sc2n1. The van der Waals surface area contributed by atoms with Gasteiger partial charge in [-0.1, -0.05) is 0 Å². The first-order valence-electron chi connectivity index (χ1n) is 4.94. The second-order valence-corrected chi connectivity index (χ2v) is 5.57. The predicted octanol–water partition coefficient (Wildman–Crippen LogP) is 2.13. The molecule has 0 saturated heterocycles. The number of aliphatic hydroxyl groups excluding tert-OH is 1. The van der Waals surface area contributed by atoms with Crippen LogP contribution < -0.4 is 5.32 Å². The minimum Gasteiger partial charge on any atom is -0.396 e. The van der Waals surface area contributed by atoms with Crippen molar-refractivity contribution in [2.75, 3.05) is 24.7 Å². The van der Waals surface area contributed by atoms with E-state index in [4.69, 9.17) is 5.11 Å². The molecule has 2 rings (SSSR count). The number of fused-ring (bicyclic) bond motifs is 1. The van der Waals surface area contributed by atoms with Gasteiger partial charge in [0.25, 0.3) is 0 Å². The normalized spacial score (nSPS) is 10.9. The van der Waals surface area contributed by atoms with E-state index in [0.717, 1.165) is 15.2 Å². The molecule has 4 nitrogen and oxygen atoms in total. The number of thioether (sulfide) groups is 1. The van der Waals surface area contributed by atoms with Gasteiger partial charge in [0.2, 0.25) is 5.95 Å². The lowest BCUT2D eigenvalue weighted by Crippen LogP contribution is -1.98. The Labute approximate surface area is 102 Å². The fourth-order valence-corrected chi connectivity index (χ4v) is 3.07. The van der Waals surface area contributed by atoms with Crippen LogP contribution in [-0.2, 0) is 0 Å². The predicted molar refractivity (Wildman–Crippen MR) is 69.5 cm³/mol. The first-order chi connectivity index (χ1) is 7.74. The number of thiophene rings is 1. The number of rotatable bonds is 4. The van der Waals surface area contributed by atoms with Crippen molar-refractivity contribution in [3.05, 3.63) is 10.9 Å². The van der Waals surface area contributed by atoms with Crippen molar-refractivity contribution in [3.8, 4) is 0 Å². The van der Waals surface area contributed by atoms with Crippen LogP contribution in [0.2, 0.25) is 0 Å². The Bertz CT molecular complexity index is 498. The molecule has 6 heteroatoms. The fraction of sp³-hybridized carbons (Fsp3) is 0.400. The van der Waals surface area contributed by atoms with Crippen LogP contribution in [0.5, 0.6) is 0 Å². The fourth-order valence-electron chi connectivity index (χ4n) is 1.38. The van der Waals surface area contributed by atoms with E-state index in [1.807, 2.05) is 7.05 Å². The Kier molecular flexibility index (Phi) is 3.63. The second kappa shape index (κ2) is 4.99. The zero-order valence-electron chi connectivity index (χ0n) is 9.15. The Hall–Kier alpha value is -0.850. The van der Waals surface area contributed by atoms with Crippen molar-refractivity contribution in [1.82, 2.24) is 9.97 Å². The maximum Gasteiger partial charge on any atom is 0.224 e. The van der Waals surface area contributed by atoms with Crippen LogP contribution in [0.15, 0.2) is 11.1 Å². The summed E-state index contributed by atoms with van der Waals surface area (Å²) in [5, 5.41) is 13.8. The van der Waals surface area contributed by atoms with E-state index in [2.05, 4.69) is 28.3 Å². The quantitative estimate of drug-likeness (QED) is 0.647. The van der Waals surface area contributed by atoms with Gasteiger partial charge in [-0.2, -0.15) is 0 Å². The lowest BCUT2D eigenvalue weighted by atomic mass is 10.4. The Morgan fingerprint density at radius 1 is 1.50 bits per heavy atom. The molecule has 0 unspecified atom stereocenters. The van der Waals surface area contributed by atoms with E-state index < -0.39 is 0 Å². The number of nitrogens with zero attached hydrogens (tertiary/aromatic N) is 2. The summed E-state index contributed by atoms with van der Waals surface area (Å²) >= 11 is 3.22. The molecule has 0 aliphatic rings. The first kappa shape index (κ1) is 11.6. The van der Waals surface area contributed by atoms with Crippen molar-refractivity contribution >= 4 is 39.3 Å². The number of hydrogen-bond acceptors (Lipinski definition) is 6. The minimum atomic E-state index is 0.161. The van der Waals surface area contributed by atoms with E-state index in [0.29, 0.717) is 11.7 Å². The van der Waals surface area contributed by atoms with Gasteiger partial charge in [0, 0.05) is 23.1 Å². The number of anilines is 1. The molecule has 2 N–H and O–H groups in total. The average Bonchev–Trinajstić information content (AvgIpc) is 2.65. The third-order valence-electron chi connectivity index (χ3n) is 2.03. The van der Waals surface area contributed by atoms with E-state index >= 15 is 0 Å². The molecule has 0 aliphatic heterocycles. The Morgan fingerprint density at radius 3 is 3.00 bits per heavy atom. The molecule has 16 heavy (non-hydrogen) atoms. The number of aliphatic hydroxyl groups is 1. The van der Waals surface area contributed by atoms with Gasteiger partial charge < -0.3 is 10.4 Å². The van der Waals surface area contributed by atoms with Gasteiger partial charge in [0.1, 0.15) is 9.86 Å². The molecule has 0 spiro atoms. The molecule has 2 heterocycles. The molecule has 0 amide bonds. The van der Waals surface area contributed by atoms with Crippen molar-refractivity contribution in [1.29, 1.82) is 0 Å². The zero-order chi connectivity index (χ0) is 11.5. The summed E-state index contributed by atoms with van der Waals surface area (Å²) < 4.78 is 0. The lowest BCUT2D eigenvalue weighted by Gasteiger charge is -2.03. The maximum absolute atomic E-state index is 8.85. The molecular weight excluding hydrogens is 242 g/mol. The Balaban J connectivity index is 2.49. The highest BCUT2D eigenvalue weighted by Crippen LogP contribution is 2.31. The highest BCUT2D eigenvalue weighted by molar-refractivity contribution is 7.99. The topological polar surface area (TPSA) is 58.0 Å². The van der Waals surface area contributed by atoms with Crippen LogP contribution >= 0.6 is 23.1 Å². The van der Waals surface area contributed by atoms with Crippen LogP contribution in [-0.4, -0.2) is 34.5 Å². The van der Waals surface area contributed by atoms with Gasteiger partial charge in [0.15, 0.2) is 0 Å². The molecule has 0 radical (unpaired) electrons. The minimum absolute atomic E-state index is 0.161. The van der Waals surface area contributed by atoms with Gasteiger partial charge >= 0.3 is 0 Å². The standard InChI is InChI=1S/C10H13N3OS2/c1-6-5-7-8(15-4-3-14)12-10(11-2)13-9(7)16-6/h5,14H,3-4H2,1-2H3,(H,11,12,13). The molecule has 0 fully saturated rings. The monoisotopic (exact) mass is 255 g/mol. The number of aryl methyl sites for hydroxylation is 1. The van der Waals surface area contributed by atoms with Crippen molar-refractivity contribution in [2.45, 2.75) is 11.9 Å². The van der Waals surface area contributed by atoms with Gasteiger partial charge in [0.05, 0.1) is 6.61 Å². The lowest BCUT2D eigenvalue weighted by molar-refractivity contribution is 0.322. The van der Waals surface area contributed by atoms with Gasteiger partial charge in [-0.15, -0.1) is 23.1 Å². The smallest absolute Gasteiger partial charge is 0.224 e. The molecular formula is C10H13N3OS2. The number of nitrogens with one attached hydrogen (secondary N) is 1. The van der Waals surface area contributed by atoms with Crippen LogP contribution in [0.1, 0.15) is 4.88 Å². The summed E-state index contributed by atoms with van der Waals surface area (Å²) in [6.45, 7) is 2.22. The molecule has 0 aliphatic carbocycles. The zero-order valence-corrected chi connectivity index (χ0v) is 10.8. The number of hydrogen-bond donors (Lipinski definition) is 2. The van der Waals surface area contributed by atoms with Gasteiger partial charge in [-0.3, -0.25) is 0 Å². The molecule has 0 atom stereocenters. The van der Waals surface area contributed by atoms with Crippen LogP contribution in [0, 0.1) is 6.92 Å². The molecule has 2 aromatic heterocycles. The summed E-state index contributed by atoms with van der Waals surface area (Å²) in [4.78, 5) is 11.0. The van der Waals surface area contributed by atoms with E-state index in [-0.39, 0.29) is 6.61 Å². The van der Waals surface area contributed by atoms with E-state index in [9.17, 15) is 0 Å². The summed E-state index contributed by atoms with van der Waals surface area (Å²) in [6.07, 6.45) is 0. The van der Waals surface area contributed by atoms with Gasteiger partial charge in [-0.05, 0) is 13.0 Å². The molecule has 0 aromatic carbocycles. The molecule has 86 valence electrons.